The molecule has 10 heteroatoms. The van der Waals surface area contributed by atoms with Crippen molar-refractivity contribution in [3.05, 3.63) is 58.6 Å². The van der Waals surface area contributed by atoms with Crippen LogP contribution in [0.5, 0.6) is 0 Å². The Morgan fingerprint density at radius 3 is 2.77 bits per heavy atom. The molecular weight excluding hydrogens is 471 g/mol. The first kappa shape index (κ1) is 24.8. The molecule has 186 valence electrons. The van der Waals surface area contributed by atoms with Crippen LogP contribution in [0.4, 0.5) is 20.6 Å². The van der Waals surface area contributed by atoms with Gasteiger partial charge in [0.2, 0.25) is 0 Å². The molecule has 2 aromatic heterocycles. The predicted octanol–water partition coefficient (Wildman–Crippen LogP) is 5.33. The van der Waals surface area contributed by atoms with Crippen LogP contribution in [-0.4, -0.2) is 39.2 Å². The molecule has 4 rings (SSSR count). The topological polar surface area (TPSA) is 106 Å². The Morgan fingerprint density at radius 2 is 2.03 bits per heavy atom. The van der Waals surface area contributed by atoms with Crippen molar-refractivity contribution in [1.82, 2.24) is 14.9 Å². The number of amidine groups is 1. The molecule has 1 amide bonds. The summed E-state index contributed by atoms with van der Waals surface area (Å²) < 4.78 is 20.9. The van der Waals surface area contributed by atoms with E-state index in [4.69, 9.17) is 22.1 Å². The van der Waals surface area contributed by atoms with Crippen molar-refractivity contribution in [3.63, 3.8) is 0 Å². The standard InChI is InChI=1S/C25H30ClFN6O2/c1-14-9-21-22(30-16-6-7-17(11-16)31-24(34)35-25(2,3)4)18(12-29-33(21)13-14)23(28)32-20-10-15(27)5-8-19(20)26/h5,8-10,12-13,16-17,30H,6-7,11H2,1-4H3,(H2,28,32)(H,31,34)/t16-,17?/m1/s1. The Hall–Kier alpha value is -3.33. The summed E-state index contributed by atoms with van der Waals surface area (Å²) >= 11 is 6.19. The van der Waals surface area contributed by atoms with Crippen LogP contribution in [0.15, 0.2) is 41.7 Å². The number of aryl methyl sites for hydroxylation is 1. The lowest BCUT2D eigenvalue weighted by Gasteiger charge is -2.22. The summed E-state index contributed by atoms with van der Waals surface area (Å²) in [6.45, 7) is 7.50. The number of alkyl carbamates (subject to hydrolysis) is 1. The maximum Gasteiger partial charge on any atom is 0.407 e. The van der Waals surface area contributed by atoms with Crippen LogP contribution in [0.1, 0.15) is 51.2 Å². The Kier molecular flexibility index (Phi) is 6.89. The number of nitrogens with one attached hydrogen (secondary N) is 2. The molecule has 1 aliphatic carbocycles. The highest BCUT2D eigenvalue weighted by molar-refractivity contribution is 6.33. The van der Waals surface area contributed by atoms with Gasteiger partial charge in [0.15, 0.2) is 0 Å². The first-order valence-electron chi connectivity index (χ1n) is 11.5. The average Bonchev–Trinajstić information content (AvgIpc) is 3.34. The van der Waals surface area contributed by atoms with Gasteiger partial charge in [0.25, 0.3) is 0 Å². The number of aromatic nitrogens is 2. The number of nitrogens with two attached hydrogens (primary N) is 1. The molecule has 1 aromatic carbocycles. The Labute approximate surface area is 208 Å². The van der Waals surface area contributed by atoms with Crippen molar-refractivity contribution >= 4 is 40.4 Å². The first-order chi connectivity index (χ1) is 16.5. The van der Waals surface area contributed by atoms with Crippen LogP contribution < -0.4 is 16.4 Å². The van der Waals surface area contributed by atoms with Crippen molar-refractivity contribution < 1.29 is 13.9 Å². The van der Waals surface area contributed by atoms with E-state index in [9.17, 15) is 9.18 Å². The molecule has 1 saturated carbocycles. The summed E-state index contributed by atoms with van der Waals surface area (Å²) in [7, 11) is 0. The monoisotopic (exact) mass is 500 g/mol. The van der Waals surface area contributed by atoms with E-state index in [1.807, 2.05) is 40.0 Å². The number of anilines is 1. The fourth-order valence-corrected chi connectivity index (χ4v) is 4.38. The summed E-state index contributed by atoms with van der Waals surface area (Å²) in [5, 5.41) is 11.3. The Morgan fingerprint density at radius 1 is 1.29 bits per heavy atom. The molecule has 0 saturated heterocycles. The number of hydrogen-bond acceptors (Lipinski definition) is 5. The second-order valence-corrected chi connectivity index (χ2v) is 10.3. The number of benzene rings is 1. The molecule has 1 unspecified atom stereocenters. The summed E-state index contributed by atoms with van der Waals surface area (Å²) in [5.41, 5.74) is 9.30. The number of hydrogen-bond donors (Lipinski definition) is 3. The zero-order valence-electron chi connectivity index (χ0n) is 20.2. The van der Waals surface area contributed by atoms with E-state index < -0.39 is 17.5 Å². The number of nitrogens with zero attached hydrogens (tertiary/aromatic N) is 3. The molecule has 4 N–H and O–H groups in total. The molecule has 0 spiro atoms. The molecule has 0 bridgehead atoms. The van der Waals surface area contributed by atoms with E-state index in [0.29, 0.717) is 10.6 Å². The third kappa shape index (κ3) is 6.03. The van der Waals surface area contributed by atoms with Gasteiger partial charge in [-0.2, -0.15) is 5.10 Å². The maximum atomic E-state index is 13.7. The lowest BCUT2D eigenvalue weighted by atomic mass is 10.1. The molecule has 0 radical (unpaired) electrons. The van der Waals surface area contributed by atoms with Gasteiger partial charge in [-0.1, -0.05) is 11.6 Å². The van der Waals surface area contributed by atoms with E-state index >= 15 is 0 Å². The summed E-state index contributed by atoms with van der Waals surface area (Å²) in [6.07, 6.45) is 5.52. The van der Waals surface area contributed by atoms with Crippen LogP contribution in [0.2, 0.25) is 5.02 Å². The maximum absolute atomic E-state index is 13.7. The molecule has 35 heavy (non-hydrogen) atoms. The highest BCUT2D eigenvalue weighted by Crippen LogP contribution is 2.31. The number of ether oxygens (including phenoxy) is 1. The number of rotatable bonds is 5. The van der Waals surface area contributed by atoms with E-state index in [0.717, 1.165) is 36.0 Å². The second-order valence-electron chi connectivity index (χ2n) is 9.87. The molecule has 2 atom stereocenters. The SMILES string of the molecule is Cc1cc2c(N[C@@H]3CCC(NC(=O)OC(C)(C)C)C3)c(C(N)=Nc3cc(F)ccc3Cl)cnn2c1. The summed E-state index contributed by atoms with van der Waals surface area (Å²) in [5.74, 6) is -0.292. The zero-order valence-corrected chi connectivity index (χ0v) is 21.0. The van der Waals surface area contributed by atoms with Crippen LogP contribution >= 0.6 is 11.6 Å². The largest absolute Gasteiger partial charge is 0.444 e. The Balaban J connectivity index is 1.60. The van der Waals surface area contributed by atoms with Crippen LogP contribution in [0.3, 0.4) is 0 Å². The van der Waals surface area contributed by atoms with E-state index in [1.165, 1.54) is 18.2 Å². The van der Waals surface area contributed by atoms with Gasteiger partial charge < -0.3 is 21.1 Å². The van der Waals surface area contributed by atoms with Gasteiger partial charge in [0, 0.05) is 24.3 Å². The lowest BCUT2D eigenvalue weighted by Crippen LogP contribution is -2.38. The zero-order chi connectivity index (χ0) is 25.3. The Bertz CT molecular complexity index is 1280. The highest BCUT2D eigenvalue weighted by Gasteiger charge is 2.29. The highest BCUT2D eigenvalue weighted by atomic mass is 35.5. The van der Waals surface area contributed by atoms with E-state index in [-0.39, 0.29) is 23.6 Å². The minimum atomic E-state index is -0.549. The summed E-state index contributed by atoms with van der Waals surface area (Å²) in [6, 6.07) is 6.03. The van der Waals surface area contributed by atoms with E-state index in [1.54, 1.807) is 10.7 Å². The number of amides is 1. The van der Waals surface area contributed by atoms with Gasteiger partial charge in [-0.05, 0) is 70.7 Å². The number of aliphatic imine (C=N–C) groups is 1. The van der Waals surface area contributed by atoms with Crippen LogP contribution in [0, 0.1) is 12.7 Å². The van der Waals surface area contributed by atoms with Crippen molar-refractivity contribution in [2.24, 2.45) is 10.7 Å². The quantitative estimate of drug-likeness (QED) is 0.324. The van der Waals surface area contributed by atoms with Gasteiger partial charge in [0.1, 0.15) is 17.3 Å². The van der Waals surface area contributed by atoms with Crippen molar-refractivity contribution in [2.75, 3.05) is 5.32 Å². The van der Waals surface area contributed by atoms with Crippen LogP contribution in [0.25, 0.3) is 5.52 Å². The molecule has 2 heterocycles. The normalized spacial score (nSPS) is 18.6. The summed E-state index contributed by atoms with van der Waals surface area (Å²) in [4.78, 5) is 16.6. The van der Waals surface area contributed by atoms with Crippen molar-refractivity contribution in [1.29, 1.82) is 0 Å². The third-order valence-electron chi connectivity index (χ3n) is 5.70. The molecule has 1 aliphatic rings. The molecule has 0 aliphatic heterocycles. The number of carbonyl (C=O) groups is 1. The van der Waals surface area contributed by atoms with Gasteiger partial charge in [-0.3, -0.25) is 0 Å². The fourth-order valence-electron chi connectivity index (χ4n) is 4.22. The smallest absolute Gasteiger partial charge is 0.407 e. The minimum Gasteiger partial charge on any atom is -0.444 e. The first-order valence-corrected chi connectivity index (χ1v) is 11.9. The average molecular weight is 501 g/mol. The van der Waals surface area contributed by atoms with Crippen molar-refractivity contribution in [3.8, 4) is 0 Å². The third-order valence-corrected chi connectivity index (χ3v) is 6.02. The molecular formula is C25H30ClFN6O2. The minimum absolute atomic E-state index is 0.00528. The molecule has 1 fully saturated rings. The number of halogens is 2. The molecule has 8 nitrogen and oxygen atoms in total. The second kappa shape index (κ2) is 9.73. The molecule has 3 aromatic rings. The van der Waals surface area contributed by atoms with Gasteiger partial charge in [0.05, 0.1) is 33.7 Å². The van der Waals surface area contributed by atoms with Gasteiger partial charge >= 0.3 is 6.09 Å². The predicted molar refractivity (Wildman–Crippen MR) is 136 cm³/mol. The van der Waals surface area contributed by atoms with E-state index in [2.05, 4.69) is 20.7 Å². The van der Waals surface area contributed by atoms with Gasteiger partial charge in [-0.25, -0.2) is 18.7 Å². The number of fused-ring (bicyclic) bond motifs is 1. The van der Waals surface area contributed by atoms with Gasteiger partial charge in [-0.15, -0.1) is 0 Å². The van der Waals surface area contributed by atoms with Crippen LogP contribution in [-0.2, 0) is 4.74 Å². The lowest BCUT2D eigenvalue weighted by molar-refractivity contribution is 0.0505. The fraction of sp³-hybridized carbons (Fsp3) is 0.400. The number of carbonyl (C=O) groups excluding carboxylic acids is 1. The van der Waals surface area contributed by atoms with Crippen molar-refractivity contribution in [2.45, 2.75) is 64.6 Å².